The largest absolute Gasteiger partial charge is 0.354 e. The van der Waals surface area contributed by atoms with Crippen molar-refractivity contribution < 1.29 is 4.79 Å². The van der Waals surface area contributed by atoms with Gasteiger partial charge in [0.15, 0.2) is 0 Å². The zero-order valence-corrected chi connectivity index (χ0v) is 14.9. The van der Waals surface area contributed by atoms with Gasteiger partial charge in [-0.15, -0.1) is 11.3 Å². The third-order valence-electron chi connectivity index (χ3n) is 4.72. The normalized spacial score (nSPS) is 20.0. The molecule has 0 unspecified atom stereocenters. The van der Waals surface area contributed by atoms with E-state index in [-0.39, 0.29) is 11.4 Å². The first-order chi connectivity index (χ1) is 10.5. The number of carbonyl (C=O) groups is 1. The maximum absolute atomic E-state index is 12.0. The minimum atomic E-state index is 0.0324. The summed E-state index contributed by atoms with van der Waals surface area (Å²) in [6.45, 7) is 9.80. The number of nitrogens with zero attached hydrogens (tertiary/aromatic N) is 2. The fraction of sp³-hybridized carbons (Fsp3) is 0.765. The number of nitrogens with one attached hydrogen (secondary N) is 1. The summed E-state index contributed by atoms with van der Waals surface area (Å²) in [6.07, 6.45) is 6.95. The molecule has 4 nitrogen and oxygen atoms in total. The molecule has 124 valence electrons. The summed E-state index contributed by atoms with van der Waals surface area (Å²) in [6, 6.07) is 0. The molecule has 1 aromatic rings. The summed E-state index contributed by atoms with van der Waals surface area (Å²) in [5.74, 6) is 0.945. The molecule has 0 aliphatic carbocycles. The van der Waals surface area contributed by atoms with Gasteiger partial charge in [0.25, 0.3) is 0 Å². The summed E-state index contributed by atoms with van der Waals surface area (Å²) in [7, 11) is 0. The van der Waals surface area contributed by atoms with Crippen LogP contribution in [0.3, 0.4) is 0 Å². The molecule has 0 bridgehead atoms. The van der Waals surface area contributed by atoms with E-state index in [4.69, 9.17) is 0 Å². The Bertz CT molecular complexity index is 458. The van der Waals surface area contributed by atoms with Gasteiger partial charge in [-0.2, -0.15) is 0 Å². The maximum atomic E-state index is 12.0. The molecule has 1 atom stereocenters. The average Bonchev–Trinajstić information content (AvgIpc) is 3.04. The summed E-state index contributed by atoms with van der Waals surface area (Å²) >= 11 is 1.61. The SMILES string of the molecule is CC[C@H]1CCCN(C(C)(C)CNC(=O)CCc2nccs2)C1. The van der Waals surface area contributed by atoms with E-state index in [1.165, 1.54) is 25.8 Å². The molecule has 1 aliphatic heterocycles. The Kier molecular flexibility index (Phi) is 6.38. The van der Waals surface area contributed by atoms with Crippen molar-refractivity contribution in [2.24, 2.45) is 5.92 Å². The standard InChI is InChI=1S/C17H29N3OS/c1-4-14-6-5-10-20(12-14)17(2,3)13-19-15(21)7-8-16-18-9-11-22-16/h9,11,14H,4-8,10,12-13H2,1-3H3,(H,19,21)/t14-/m0/s1. The highest BCUT2D eigenvalue weighted by Gasteiger charge is 2.31. The minimum Gasteiger partial charge on any atom is -0.354 e. The van der Waals surface area contributed by atoms with Crippen LogP contribution in [0.4, 0.5) is 0 Å². The summed E-state index contributed by atoms with van der Waals surface area (Å²) in [4.78, 5) is 18.8. The molecular weight excluding hydrogens is 294 g/mol. The molecular formula is C17H29N3OS. The number of rotatable bonds is 7. The number of amides is 1. The second kappa shape index (κ2) is 8.06. The van der Waals surface area contributed by atoms with Crippen molar-refractivity contribution in [1.82, 2.24) is 15.2 Å². The van der Waals surface area contributed by atoms with E-state index < -0.39 is 0 Å². The van der Waals surface area contributed by atoms with Crippen molar-refractivity contribution in [1.29, 1.82) is 0 Å². The van der Waals surface area contributed by atoms with Gasteiger partial charge in [-0.1, -0.05) is 13.3 Å². The van der Waals surface area contributed by atoms with E-state index in [2.05, 4.69) is 36.0 Å². The minimum absolute atomic E-state index is 0.0324. The van der Waals surface area contributed by atoms with E-state index in [1.807, 2.05) is 5.38 Å². The molecule has 0 spiro atoms. The Hall–Kier alpha value is -0.940. The second-order valence-corrected chi connectivity index (χ2v) is 7.86. The van der Waals surface area contributed by atoms with Crippen molar-refractivity contribution in [3.63, 3.8) is 0 Å². The highest BCUT2D eigenvalue weighted by atomic mass is 32.1. The molecule has 1 aliphatic rings. The molecule has 0 aromatic carbocycles. The van der Waals surface area contributed by atoms with Crippen molar-refractivity contribution in [3.8, 4) is 0 Å². The quantitative estimate of drug-likeness (QED) is 0.838. The molecule has 1 fully saturated rings. The molecule has 0 radical (unpaired) electrons. The number of piperidine rings is 1. The molecule has 2 heterocycles. The lowest BCUT2D eigenvalue weighted by Gasteiger charge is -2.43. The average molecular weight is 324 g/mol. The second-order valence-electron chi connectivity index (χ2n) is 6.88. The Morgan fingerprint density at radius 1 is 1.55 bits per heavy atom. The van der Waals surface area contributed by atoms with Gasteiger partial charge >= 0.3 is 0 Å². The lowest BCUT2D eigenvalue weighted by Crippen LogP contribution is -2.54. The van der Waals surface area contributed by atoms with Gasteiger partial charge in [0, 0.05) is 43.0 Å². The van der Waals surface area contributed by atoms with Gasteiger partial charge in [0.2, 0.25) is 5.91 Å². The molecule has 1 amide bonds. The van der Waals surface area contributed by atoms with Crippen LogP contribution in [0, 0.1) is 5.92 Å². The molecule has 5 heteroatoms. The highest BCUT2D eigenvalue weighted by Crippen LogP contribution is 2.25. The van der Waals surface area contributed by atoms with E-state index in [1.54, 1.807) is 17.5 Å². The molecule has 0 saturated carbocycles. The lowest BCUT2D eigenvalue weighted by atomic mass is 9.91. The van der Waals surface area contributed by atoms with Crippen LogP contribution in [-0.4, -0.2) is 41.0 Å². The Morgan fingerprint density at radius 2 is 2.36 bits per heavy atom. The van der Waals surface area contributed by atoms with Crippen LogP contribution in [0.1, 0.15) is 51.5 Å². The molecule has 1 saturated heterocycles. The number of carbonyl (C=O) groups excluding carboxylic acids is 1. The number of likely N-dealkylation sites (tertiary alicyclic amines) is 1. The van der Waals surface area contributed by atoms with Crippen LogP contribution in [-0.2, 0) is 11.2 Å². The monoisotopic (exact) mass is 323 g/mol. The number of hydrogen-bond acceptors (Lipinski definition) is 4. The first kappa shape index (κ1) is 17.4. The summed E-state index contributed by atoms with van der Waals surface area (Å²) in [5, 5.41) is 6.11. The van der Waals surface area contributed by atoms with Gasteiger partial charge < -0.3 is 5.32 Å². The third kappa shape index (κ3) is 5.06. The molecule has 22 heavy (non-hydrogen) atoms. The van der Waals surface area contributed by atoms with Crippen LogP contribution in [0.15, 0.2) is 11.6 Å². The summed E-state index contributed by atoms with van der Waals surface area (Å²) in [5.41, 5.74) is 0.0324. The van der Waals surface area contributed by atoms with Crippen molar-refractivity contribution in [2.45, 2.75) is 58.4 Å². The van der Waals surface area contributed by atoms with Crippen LogP contribution < -0.4 is 5.32 Å². The van der Waals surface area contributed by atoms with Crippen LogP contribution in [0.5, 0.6) is 0 Å². The smallest absolute Gasteiger partial charge is 0.220 e. The fourth-order valence-corrected chi connectivity index (χ4v) is 3.68. The topological polar surface area (TPSA) is 45.2 Å². The summed E-state index contributed by atoms with van der Waals surface area (Å²) < 4.78 is 0. The number of thiazole rings is 1. The number of aromatic nitrogens is 1. The fourth-order valence-electron chi connectivity index (χ4n) is 3.06. The lowest BCUT2D eigenvalue weighted by molar-refractivity contribution is -0.121. The van der Waals surface area contributed by atoms with Gasteiger partial charge in [-0.25, -0.2) is 4.98 Å². The van der Waals surface area contributed by atoms with Crippen LogP contribution in [0.25, 0.3) is 0 Å². The van der Waals surface area contributed by atoms with E-state index >= 15 is 0 Å². The first-order valence-corrected chi connectivity index (χ1v) is 9.29. The van der Waals surface area contributed by atoms with Crippen molar-refractivity contribution in [3.05, 3.63) is 16.6 Å². The molecule has 1 N–H and O–H groups in total. The maximum Gasteiger partial charge on any atom is 0.220 e. The van der Waals surface area contributed by atoms with Gasteiger partial charge in [-0.05, 0) is 39.2 Å². The number of aryl methyl sites for hydroxylation is 1. The van der Waals surface area contributed by atoms with Crippen molar-refractivity contribution in [2.75, 3.05) is 19.6 Å². The zero-order valence-electron chi connectivity index (χ0n) is 14.1. The van der Waals surface area contributed by atoms with Gasteiger partial charge in [0.05, 0.1) is 5.01 Å². The van der Waals surface area contributed by atoms with Crippen LogP contribution >= 0.6 is 11.3 Å². The highest BCUT2D eigenvalue weighted by molar-refractivity contribution is 7.09. The van der Waals surface area contributed by atoms with Crippen molar-refractivity contribution >= 4 is 17.2 Å². The third-order valence-corrected chi connectivity index (χ3v) is 5.56. The van der Waals surface area contributed by atoms with Gasteiger partial charge in [-0.3, -0.25) is 9.69 Å². The molecule has 1 aromatic heterocycles. The van der Waals surface area contributed by atoms with E-state index in [9.17, 15) is 4.79 Å². The Morgan fingerprint density at radius 3 is 3.05 bits per heavy atom. The Balaban J connectivity index is 1.75. The first-order valence-electron chi connectivity index (χ1n) is 8.41. The predicted octanol–water partition coefficient (Wildman–Crippen LogP) is 3.09. The van der Waals surface area contributed by atoms with Gasteiger partial charge in [0.1, 0.15) is 0 Å². The Labute approximate surface area is 138 Å². The molecule has 2 rings (SSSR count). The van der Waals surface area contributed by atoms with E-state index in [0.717, 1.165) is 30.4 Å². The van der Waals surface area contributed by atoms with Crippen LogP contribution in [0.2, 0.25) is 0 Å². The zero-order chi connectivity index (χ0) is 16.0. The van der Waals surface area contributed by atoms with E-state index in [0.29, 0.717) is 6.42 Å². The number of hydrogen-bond donors (Lipinski definition) is 1. The predicted molar refractivity (Wildman–Crippen MR) is 92.1 cm³/mol.